The standard InChI is InChI=1S/C26H30N4OS/c1-30-24(31)26(15-17-2-6-27-7-3-17,16-18-4-8-28-9-5-18)29-25(30)32-23-21-11-19-10-20(13-21)14-22(23)12-19/h2-9,19-23H,10-16H2,1H3. The number of hydrogen-bond acceptors (Lipinski definition) is 5. The van der Waals surface area contributed by atoms with Crippen molar-refractivity contribution >= 4 is 22.8 Å². The van der Waals surface area contributed by atoms with Crippen molar-refractivity contribution in [2.24, 2.45) is 28.7 Å². The van der Waals surface area contributed by atoms with E-state index in [4.69, 9.17) is 4.99 Å². The van der Waals surface area contributed by atoms with Crippen LogP contribution in [0.1, 0.15) is 43.2 Å². The van der Waals surface area contributed by atoms with Gasteiger partial charge >= 0.3 is 0 Å². The van der Waals surface area contributed by atoms with E-state index in [-0.39, 0.29) is 5.91 Å². The van der Waals surface area contributed by atoms with Crippen LogP contribution in [-0.2, 0) is 17.6 Å². The summed E-state index contributed by atoms with van der Waals surface area (Å²) < 4.78 is 0. The maximum atomic E-state index is 13.8. The zero-order chi connectivity index (χ0) is 21.7. The van der Waals surface area contributed by atoms with E-state index in [0.717, 1.165) is 40.0 Å². The van der Waals surface area contributed by atoms with Crippen molar-refractivity contribution in [2.75, 3.05) is 7.05 Å². The topological polar surface area (TPSA) is 58.5 Å². The predicted molar refractivity (Wildman–Crippen MR) is 127 cm³/mol. The smallest absolute Gasteiger partial charge is 0.256 e. The van der Waals surface area contributed by atoms with Gasteiger partial charge < -0.3 is 0 Å². The number of amidine groups is 1. The number of aromatic nitrogens is 2. The van der Waals surface area contributed by atoms with Crippen molar-refractivity contribution in [2.45, 2.75) is 55.7 Å². The third-order valence-corrected chi connectivity index (χ3v) is 9.79. The molecular formula is C26H30N4OS. The average Bonchev–Trinajstić information content (AvgIpc) is 3.01. The summed E-state index contributed by atoms with van der Waals surface area (Å²) in [6.45, 7) is 0. The molecular weight excluding hydrogens is 416 g/mol. The van der Waals surface area contributed by atoms with E-state index in [1.807, 2.05) is 48.0 Å². The van der Waals surface area contributed by atoms with Gasteiger partial charge in [-0.2, -0.15) is 0 Å². The summed E-state index contributed by atoms with van der Waals surface area (Å²) >= 11 is 1.91. The summed E-state index contributed by atoms with van der Waals surface area (Å²) in [6.07, 6.45) is 15.4. The van der Waals surface area contributed by atoms with E-state index < -0.39 is 5.54 Å². The van der Waals surface area contributed by atoms with Crippen LogP contribution in [0.4, 0.5) is 0 Å². The number of hydrogen-bond donors (Lipinski definition) is 0. The number of aliphatic imine (C=N–C) groups is 1. The monoisotopic (exact) mass is 446 g/mol. The van der Waals surface area contributed by atoms with Gasteiger partial charge in [-0.15, -0.1) is 0 Å². The van der Waals surface area contributed by atoms with Crippen molar-refractivity contribution in [1.82, 2.24) is 14.9 Å². The van der Waals surface area contributed by atoms with Crippen molar-refractivity contribution in [3.63, 3.8) is 0 Å². The first-order chi connectivity index (χ1) is 15.6. The predicted octanol–water partition coefficient (Wildman–Crippen LogP) is 4.39. The summed E-state index contributed by atoms with van der Waals surface area (Å²) in [6, 6.07) is 8.00. The molecule has 4 aliphatic carbocycles. The molecule has 0 unspecified atom stereocenters. The van der Waals surface area contributed by atoms with Crippen molar-refractivity contribution in [3.8, 4) is 0 Å². The first-order valence-corrected chi connectivity index (χ1v) is 12.8. The Bertz CT molecular complexity index is 955. The fourth-order valence-corrected chi connectivity index (χ4v) is 8.51. The van der Waals surface area contributed by atoms with Gasteiger partial charge in [-0.05, 0) is 91.2 Å². The third-order valence-electron chi connectivity index (χ3n) is 8.17. The van der Waals surface area contributed by atoms with Crippen LogP contribution in [0.3, 0.4) is 0 Å². The fraction of sp³-hybridized carbons (Fsp3) is 0.538. The third kappa shape index (κ3) is 3.57. The second-order valence-corrected chi connectivity index (χ2v) is 11.5. The van der Waals surface area contributed by atoms with Crippen LogP contribution in [0.2, 0.25) is 0 Å². The van der Waals surface area contributed by atoms with Crippen LogP contribution in [0.15, 0.2) is 54.0 Å². The van der Waals surface area contributed by atoms with E-state index in [2.05, 4.69) is 9.97 Å². The van der Waals surface area contributed by atoms with Crippen molar-refractivity contribution in [1.29, 1.82) is 0 Å². The highest BCUT2D eigenvalue weighted by molar-refractivity contribution is 8.14. The molecule has 4 fully saturated rings. The second kappa shape index (κ2) is 7.98. The Balaban J connectivity index is 1.32. The van der Waals surface area contributed by atoms with Crippen LogP contribution in [0.25, 0.3) is 0 Å². The number of pyridine rings is 2. The van der Waals surface area contributed by atoms with Crippen LogP contribution in [0, 0.1) is 23.7 Å². The molecule has 7 rings (SSSR count). The number of rotatable bonds is 5. The molecule has 3 heterocycles. The van der Waals surface area contributed by atoms with E-state index in [1.165, 1.54) is 32.1 Å². The Morgan fingerprint density at radius 1 is 0.875 bits per heavy atom. The number of likely N-dealkylation sites (N-methyl/N-ethyl adjacent to an activating group) is 1. The highest BCUT2D eigenvalue weighted by Gasteiger charge is 2.52. The Kier molecular flexibility index (Phi) is 5.09. The SMILES string of the molecule is CN1C(=O)C(Cc2ccncc2)(Cc2ccncc2)N=C1SC1C2CC3CC(C2)CC1C3. The Hall–Kier alpha value is -2.21. The molecule has 5 aliphatic rings. The summed E-state index contributed by atoms with van der Waals surface area (Å²) in [5.74, 6) is 3.63. The van der Waals surface area contributed by atoms with Gasteiger partial charge in [-0.3, -0.25) is 19.7 Å². The Morgan fingerprint density at radius 2 is 1.38 bits per heavy atom. The maximum absolute atomic E-state index is 13.8. The summed E-state index contributed by atoms with van der Waals surface area (Å²) in [5.41, 5.74) is 1.40. The summed E-state index contributed by atoms with van der Waals surface area (Å²) in [7, 11) is 1.92. The number of nitrogens with zero attached hydrogens (tertiary/aromatic N) is 4. The molecule has 32 heavy (non-hydrogen) atoms. The minimum absolute atomic E-state index is 0.109. The quantitative estimate of drug-likeness (QED) is 0.684. The van der Waals surface area contributed by atoms with E-state index in [1.54, 1.807) is 24.8 Å². The average molecular weight is 447 g/mol. The Morgan fingerprint density at radius 3 is 1.88 bits per heavy atom. The molecule has 2 aromatic heterocycles. The summed E-state index contributed by atoms with van der Waals surface area (Å²) in [4.78, 5) is 29.1. The van der Waals surface area contributed by atoms with Crippen LogP contribution in [-0.4, -0.2) is 43.8 Å². The van der Waals surface area contributed by atoms with Crippen molar-refractivity contribution in [3.05, 3.63) is 60.2 Å². The maximum Gasteiger partial charge on any atom is 0.256 e. The first-order valence-electron chi connectivity index (χ1n) is 11.9. The van der Waals surface area contributed by atoms with Gasteiger partial charge in [0.15, 0.2) is 10.7 Å². The fourth-order valence-electron chi connectivity index (χ4n) is 6.97. The van der Waals surface area contributed by atoms with Crippen molar-refractivity contribution < 1.29 is 4.79 Å². The van der Waals surface area contributed by atoms with Gasteiger partial charge in [0.25, 0.3) is 5.91 Å². The van der Waals surface area contributed by atoms with Gasteiger partial charge in [-0.1, -0.05) is 11.8 Å². The molecule has 4 saturated carbocycles. The molecule has 1 amide bonds. The molecule has 5 nitrogen and oxygen atoms in total. The molecule has 0 aromatic carbocycles. The molecule has 4 bridgehead atoms. The minimum atomic E-state index is -0.800. The number of amides is 1. The molecule has 0 atom stereocenters. The van der Waals surface area contributed by atoms with Crippen LogP contribution < -0.4 is 0 Å². The zero-order valence-electron chi connectivity index (χ0n) is 18.6. The number of thioether (sulfide) groups is 1. The van der Waals surface area contributed by atoms with Gasteiger partial charge in [-0.25, -0.2) is 4.99 Å². The molecule has 166 valence electrons. The van der Waals surface area contributed by atoms with Gasteiger partial charge in [0, 0.05) is 49.9 Å². The number of carbonyl (C=O) groups is 1. The molecule has 0 N–H and O–H groups in total. The minimum Gasteiger partial charge on any atom is -0.293 e. The lowest BCUT2D eigenvalue weighted by molar-refractivity contribution is -0.130. The molecule has 1 aliphatic heterocycles. The largest absolute Gasteiger partial charge is 0.293 e. The highest BCUT2D eigenvalue weighted by atomic mass is 32.2. The zero-order valence-corrected chi connectivity index (χ0v) is 19.4. The van der Waals surface area contributed by atoms with Gasteiger partial charge in [0.05, 0.1) is 0 Å². The molecule has 2 aromatic rings. The van der Waals surface area contributed by atoms with Crippen LogP contribution in [0.5, 0.6) is 0 Å². The van der Waals surface area contributed by atoms with E-state index >= 15 is 0 Å². The molecule has 0 saturated heterocycles. The van der Waals surface area contributed by atoms with Gasteiger partial charge in [0.2, 0.25) is 0 Å². The molecule has 0 spiro atoms. The lowest BCUT2D eigenvalue weighted by Gasteiger charge is -2.54. The Labute approximate surface area is 194 Å². The number of carbonyl (C=O) groups excluding carboxylic acids is 1. The normalized spacial score (nSPS) is 32.4. The van der Waals surface area contributed by atoms with E-state index in [9.17, 15) is 4.79 Å². The lowest BCUT2D eigenvalue weighted by atomic mass is 9.56. The molecule has 0 radical (unpaired) electrons. The van der Waals surface area contributed by atoms with Gasteiger partial charge in [0.1, 0.15) is 0 Å². The van der Waals surface area contributed by atoms with Crippen LogP contribution >= 0.6 is 11.8 Å². The molecule has 6 heteroatoms. The van der Waals surface area contributed by atoms with E-state index in [0.29, 0.717) is 18.1 Å². The lowest BCUT2D eigenvalue weighted by Crippen LogP contribution is -2.48. The first kappa shape index (κ1) is 20.4. The second-order valence-electron chi connectivity index (χ2n) is 10.4. The highest BCUT2D eigenvalue weighted by Crippen LogP contribution is 2.57. The summed E-state index contributed by atoms with van der Waals surface area (Å²) in [5, 5.41) is 1.55.